The van der Waals surface area contributed by atoms with Gasteiger partial charge in [0, 0.05) is 36.5 Å². The molecule has 0 unspecified atom stereocenters. The lowest BCUT2D eigenvalue weighted by Gasteiger charge is -2.25. The second-order valence-electron chi connectivity index (χ2n) is 8.82. The normalized spacial score (nSPS) is 14.5. The summed E-state index contributed by atoms with van der Waals surface area (Å²) >= 11 is 6.23. The molecular weight excluding hydrogens is 443 g/mol. The van der Waals surface area contributed by atoms with Crippen LogP contribution in [-0.4, -0.2) is 43.3 Å². The van der Waals surface area contributed by atoms with Crippen LogP contribution in [0.15, 0.2) is 36.4 Å². The Labute approximate surface area is 202 Å². The molecule has 2 aromatic rings. The number of Topliss-reactive ketones (excluding diaryl/α,β-unsaturated/α-hetero) is 1. The number of nitrogens with zero attached hydrogens (tertiary/aromatic N) is 2. The van der Waals surface area contributed by atoms with E-state index in [4.69, 9.17) is 11.6 Å². The third-order valence-electron chi connectivity index (χ3n) is 6.54. The number of benzene rings is 2. The number of hydrogen-bond donors (Lipinski definition) is 0. The third kappa shape index (κ3) is 5.72. The van der Waals surface area contributed by atoms with Gasteiger partial charge in [-0.2, -0.15) is 0 Å². The molecular formula is C26H32Cl2N2O2. The minimum atomic E-state index is 0. The Morgan fingerprint density at radius 3 is 2.56 bits per heavy atom. The largest absolute Gasteiger partial charge is 0.312 e. The summed E-state index contributed by atoms with van der Waals surface area (Å²) in [5, 5.41) is 0.842. The van der Waals surface area contributed by atoms with Crippen molar-refractivity contribution in [2.45, 2.75) is 51.4 Å². The Balaban J connectivity index is 0.00000289. The number of rotatable bonds is 10. The topological polar surface area (TPSA) is 40.6 Å². The van der Waals surface area contributed by atoms with E-state index in [1.807, 2.05) is 35.2 Å². The molecule has 0 saturated heterocycles. The SMILES string of the molecule is CN(CCCCCC(=O)c1cc2c3c(c1)CCN3C(=O)CC2)CCc1ccccc1Cl.Cl. The van der Waals surface area contributed by atoms with Crippen LogP contribution in [0, 0.1) is 0 Å². The molecule has 0 saturated carbocycles. The van der Waals surface area contributed by atoms with E-state index in [2.05, 4.69) is 18.0 Å². The van der Waals surface area contributed by atoms with E-state index in [9.17, 15) is 9.59 Å². The number of carbonyl (C=O) groups excluding carboxylic acids is 2. The van der Waals surface area contributed by atoms with E-state index in [1.165, 1.54) is 16.7 Å². The quantitative estimate of drug-likeness (QED) is 0.336. The molecule has 172 valence electrons. The molecule has 2 aliphatic heterocycles. The number of amides is 1. The molecule has 1 amide bonds. The molecule has 2 aliphatic rings. The molecule has 4 nitrogen and oxygen atoms in total. The van der Waals surface area contributed by atoms with Crippen molar-refractivity contribution in [3.8, 4) is 0 Å². The van der Waals surface area contributed by atoms with Gasteiger partial charge < -0.3 is 9.80 Å². The van der Waals surface area contributed by atoms with Gasteiger partial charge in [0.25, 0.3) is 0 Å². The average Bonchev–Trinajstić information content (AvgIpc) is 3.20. The van der Waals surface area contributed by atoms with Crippen LogP contribution in [0.2, 0.25) is 5.02 Å². The predicted molar refractivity (Wildman–Crippen MR) is 134 cm³/mol. The Bertz CT molecular complexity index is 976. The maximum absolute atomic E-state index is 12.8. The van der Waals surface area contributed by atoms with Gasteiger partial charge in [0.2, 0.25) is 5.91 Å². The molecule has 0 aliphatic carbocycles. The van der Waals surface area contributed by atoms with Gasteiger partial charge in [-0.05, 0) is 80.6 Å². The van der Waals surface area contributed by atoms with E-state index in [0.29, 0.717) is 12.8 Å². The van der Waals surface area contributed by atoms with Crippen molar-refractivity contribution in [3.05, 3.63) is 63.7 Å². The fourth-order valence-corrected chi connectivity index (χ4v) is 4.96. The molecule has 0 aromatic heterocycles. The summed E-state index contributed by atoms with van der Waals surface area (Å²) in [6, 6.07) is 12.1. The van der Waals surface area contributed by atoms with Gasteiger partial charge in [-0.15, -0.1) is 12.4 Å². The number of unbranched alkanes of at least 4 members (excludes halogenated alkanes) is 2. The first-order chi connectivity index (χ1) is 15.0. The van der Waals surface area contributed by atoms with Crippen LogP contribution >= 0.6 is 24.0 Å². The molecule has 2 aromatic carbocycles. The van der Waals surface area contributed by atoms with Crippen molar-refractivity contribution in [1.82, 2.24) is 4.90 Å². The van der Waals surface area contributed by atoms with Gasteiger partial charge in [-0.3, -0.25) is 9.59 Å². The number of anilines is 1. The van der Waals surface area contributed by atoms with Crippen LogP contribution in [0.1, 0.15) is 59.2 Å². The van der Waals surface area contributed by atoms with Crippen LogP contribution in [0.3, 0.4) is 0 Å². The van der Waals surface area contributed by atoms with Crippen molar-refractivity contribution in [2.75, 3.05) is 31.6 Å². The number of carbonyl (C=O) groups is 2. The minimum absolute atomic E-state index is 0. The summed E-state index contributed by atoms with van der Waals surface area (Å²) in [7, 11) is 2.14. The van der Waals surface area contributed by atoms with Crippen molar-refractivity contribution in [1.29, 1.82) is 0 Å². The second kappa shape index (κ2) is 11.3. The van der Waals surface area contributed by atoms with Gasteiger partial charge in [-0.1, -0.05) is 36.2 Å². The monoisotopic (exact) mass is 474 g/mol. The number of aryl methyl sites for hydroxylation is 1. The molecule has 0 spiro atoms. The summed E-state index contributed by atoms with van der Waals surface area (Å²) in [5.74, 6) is 0.462. The lowest BCUT2D eigenvalue weighted by atomic mass is 9.94. The van der Waals surface area contributed by atoms with Gasteiger partial charge in [0.15, 0.2) is 5.78 Å². The van der Waals surface area contributed by atoms with Crippen molar-refractivity contribution < 1.29 is 9.59 Å². The van der Waals surface area contributed by atoms with E-state index in [-0.39, 0.29) is 24.1 Å². The summed E-state index contributed by atoms with van der Waals surface area (Å²) < 4.78 is 0. The summed E-state index contributed by atoms with van der Waals surface area (Å²) in [6.07, 6.45) is 6.83. The first-order valence-electron chi connectivity index (χ1n) is 11.4. The zero-order chi connectivity index (χ0) is 21.8. The maximum Gasteiger partial charge on any atom is 0.227 e. The molecule has 0 N–H and O–H groups in total. The number of ketones is 1. The van der Waals surface area contributed by atoms with Gasteiger partial charge in [0.05, 0.1) is 5.69 Å². The highest BCUT2D eigenvalue weighted by Crippen LogP contribution is 2.37. The van der Waals surface area contributed by atoms with Gasteiger partial charge >= 0.3 is 0 Å². The van der Waals surface area contributed by atoms with Gasteiger partial charge in [-0.25, -0.2) is 0 Å². The molecule has 32 heavy (non-hydrogen) atoms. The zero-order valence-electron chi connectivity index (χ0n) is 18.7. The van der Waals surface area contributed by atoms with E-state index >= 15 is 0 Å². The molecule has 0 atom stereocenters. The number of likely N-dealkylation sites (N-methyl/N-ethyl adjacent to an activating group) is 1. The highest BCUT2D eigenvalue weighted by Gasteiger charge is 2.31. The molecule has 6 heteroatoms. The first-order valence-corrected chi connectivity index (χ1v) is 11.8. The minimum Gasteiger partial charge on any atom is -0.312 e. The summed E-state index contributed by atoms with van der Waals surface area (Å²) in [4.78, 5) is 29.1. The molecule has 0 bridgehead atoms. The molecule has 2 heterocycles. The highest BCUT2D eigenvalue weighted by molar-refractivity contribution is 6.31. The average molecular weight is 475 g/mol. The van der Waals surface area contributed by atoms with Crippen LogP contribution in [0.4, 0.5) is 5.69 Å². The standard InChI is InChI=1S/C26H31ClN2O2.ClH/c1-28(15-12-19-7-4-5-8-23(19)27)14-6-2-3-9-24(30)22-17-20-10-11-25(31)29-16-13-21(18-22)26(20)29;/h4-5,7-8,17-18H,2-3,6,9-16H2,1H3;1H. The van der Waals surface area contributed by atoms with E-state index in [0.717, 1.165) is 74.4 Å². The summed E-state index contributed by atoms with van der Waals surface area (Å²) in [6.45, 7) is 2.79. The highest BCUT2D eigenvalue weighted by atomic mass is 35.5. The van der Waals surface area contributed by atoms with Crippen LogP contribution in [-0.2, 0) is 24.1 Å². The second-order valence-corrected chi connectivity index (χ2v) is 9.22. The molecule has 0 fully saturated rings. The smallest absolute Gasteiger partial charge is 0.227 e. The number of hydrogen-bond acceptors (Lipinski definition) is 3. The third-order valence-corrected chi connectivity index (χ3v) is 6.91. The fraction of sp³-hybridized carbons (Fsp3) is 0.462. The molecule has 4 rings (SSSR count). The Morgan fingerprint density at radius 1 is 1.03 bits per heavy atom. The predicted octanol–water partition coefficient (Wildman–Crippen LogP) is 5.51. The van der Waals surface area contributed by atoms with Crippen molar-refractivity contribution in [3.63, 3.8) is 0 Å². The summed E-state index contributed by atoms with van der Waals surface area (Å²) in [5.41, 5.74) is 5.48. The lowest BCUT2D eigenvalue weighted by Crippen LogP contribution is -2.32. The fourth-order valence-electron chi connectivity index (χ4n) is 4.73. The van der Waals surface area contributed by atoms with Crippen molar-refractivity contribution >= 4 is 41.4 Å². The van der Waals surface area contributed by atoms with Crippen LogP contribution < -0.4 is 4.90 Å². The number of halogens is 2. The van der Waals surface area contributed by atoms with Crippen LogP contribution in [0.5, 0.6) is 0 Å². The van der Waals surface area contributed by atoms with E-state index in [1.54, 1.807) is 0 Å². The van der Waals surface area contributed by atoms with Crippen LogP contribution in [0.25, 0.3) is 0 Å². The molecule has 0 radical (unpaired) electrons. The zero-order valence-corrected chi connectivity index (χ0v) is 20.3. The Morgan fingerprint density at radius 2 is 1.78 bits per heavy atom. The lowest BCUT2D eigenvalue weighted by molar-refractivity contribution is -0.118. The van der Waals surface area contributed by atoms with E-state index < -0.39 is 0 Å². The Hall–Kier alpha value is -1.88. The maximum atomic E-state index is 12.8. The van der Waals surface area contributed by atoms with Gasteiger partial charge in [0.1, 0.15) is 0 Å². The van der Waals surface area contributed by atoms with Crippen molar-refractivity contribution in [2.24, 2.45) is 0 Å². The Kier molecular flexibility index (Phi) is 8.75. The first kappa shape index (κ1) is 24.8.